The van der Waals surface area contributed by atoms with Gasteiger partial charge in [-0.3, -0.25) is 4.79 Å². The number of anilines is 2. The highest BCUT2D eigenvalue weighted by Crippen LogP contribution is 2.31. The van der Waals surface area contributed by atoms with E-state index in [9.17, 15) is 9.18 Å². The average molecular weight is 490 g/mol. The smallest absolute Gasteiger partial charge is 0.274 e. The molecule has 0 bridgehead atoms. The number of rotatable bonds is 7. The second kappa shape index (κ2) is 10.4. The number of hydrogen-bond donors (Lipinski definition) is 1. The predicted octanol–water partition coefficient (Wildman–Crippen LogP) is 5.08. The minimum absolute atomic E-state index is 0.0754. The van der Waals surface area contributed by atoms with Crippen molar-refractivity contribution in [2.24, 2.45) is 0 Å². The number of piperazine rings is 1. The van der Waals surface area contributed by atoms with Crippen LogP contribution in [-0.4, -0.2) is 53.4 Å². The lowest BCUT2D eigenvalue weighted by molar-refractivity contribution is 0.0740. The highest BCUT2D eigenvalue weighted by molar-refractivity contribution is 5.93. The summed E-state index contributed by atoms with van der Waals surface area (Å²) in [5.41, 5.74) is 3.49. The summed E-state index contributed by atoms with van der Waals surface area (Å²) in [6.07, 6.45) is 4.25. The Bertz CT molecular complexity index is 1230. The van der Waals surface area contributed by atoms with Crippen LogP contribution in [0.4, 0.5) is 15.9 Å². The molecule has 0 aliphatic carbocycles. The van der Waals surface area contributed by atoms with E-state index in [2.05, 4.69) is 35.3 Å². The van der Waals surface area contributed by atoms with E-state index in [-0.39, 0.29) is 17.8 Å². The number of benzene rings is 2. The minimum atomic E-state index is -0.246. The van der Waals surface area contributed by atoms with E-state index >= 15 is 0 Å². The molecule has 0 spiro atoms. The molecule has 1 fully saturated rings. The number of halogens is 1. The molecule has 1 aromatic heterocycles. The molecule has 2 aliphatic heterocycles. The second-order valence-corrected chi connectivity index (χ2v) is 9.31. The van der Waals surface area contributed by atoms with Crippen molar-refractivity contribution in [1.29, 1.82) is 0 Å². The first-order chi connectivity index (χ1) is 17.5. The predicted molar refractivity (Wildman–Crippen MR) is 139 cm³/mol. The van der Waals surface area contributed by atoms with Gasteiger partial charge >= 0.3 is 0 Å². The van der Waals surface area contributed by atoms with E-state index in [1.165, 1.54) is 12.1 Å². The van der Waals surface area contributed by atoms with Crippen LogP contribution in [-0.2, 0) is 0 Å². The summed E-state index contributed by atoms with van der Waals surface area (Å²) < 4.78 is 20.9. The molecule has 5 rings (SSSR count). The van der Waals surface area contributed by atoms with Crippen LogP contribution in [0.1, 0.15) is 48.8 Å². The lowest BCUT2D eigenvalue weighted by Gasteiger charge is -2.35. The molecule has 1 unspecified atom stereocenters. The number of nitrogens with one attached hydrogen (secondary N) is 1. The Morgan fingerprint density at radius 3 is 2.50 bits per heavy atom. The highest BCUT2D eigenvalue weighted by atomic mass is 19.1. The largest absolute Gasteiger partial charge is 0.494 e. The number of carbonyl (C=O) groups excluding carboxylic acids is 1. The molecule has 1 atom stereocenters. The van der Waals surface area contributed by atoms with E-state index in [4.69, 9.17) is 9.84 Å². The molecule has 2 aromatic carbocycles. The van der Waals surface area contributed by atoms with Gasteiger partial charge in [-0.25, -0.2) is 9.07 Å². The van der Waals surface area contributed by atoms with Crippen LogP contribution < -0.4 is 15.0 Å². The number of carbonyl (C=O) groups is 1. The topological polar surface area (TPSA) is 62.6 Å². The molecule has 7 nitrogen and oxygen atoms in total. The number of amides is 1. The summed E-state index contributed by atoms with van der Waals surface area (Å²) in [4.78, 5) is 17.3. The highest BCUT2D eigenvalue weighted by Gasteiger charge is 2.28. The van der Waals surface area contributed by atoms with E-state index in [0.29, 0.717) is 31.9 Å². The molecule has 1 saturated heterocycles. The maximum Gasteiger partial charge on any atom is 0.274 e. The van der Waals surface area contributed by atoms with Gasteiger partial charge in [-0.05, 0) is 61.4 Å². The van der Waals surface area contributed by atoms with Gasteiger partial charge in [-0.1, -0.05) is 25.5 Å². The fourth-order valence-corrected chi connectivity index (χ4v) is 4.67. The standard InChI is InChI=1S/C28H32FN5O2/c1-3-4-17-36-24-11-5-21(6-12-24)26-18-20(2)30-27-19-25(31-34(26)27)28(35)33-15-13-32(14-16-33)23-9-7-22(29)8-10-23/h5-12,18-19,26,30H,3-4,13-17H2,1-2H3. The first-order valence-corrected chi connectivity index (χ1v) is 12.6. The van der Waals surface area contributed by atoms with Crippen LogP contribution in [0.2, 0.25) is 0 Å². The fraction of sp³-hybridized carbons (Fsp3) is 0.357. The van der Waals surface area contributed by atoms with Gasteiger partial charge in [0, 0.05) is 43.6 Å². The van der Waals surface area contributed by atoms with Gasteiger partial charge in [0.1, 0.15) is 17.4 Å². The quantitative estimate of drug-likeness (QED) is 0.469. The molecule has 1 amide bonds. The number of aromatic nitrogens is 2. The summed E-state index contributed by atoms with van der Waals surface area (Å²) in [6.45, 7) is 7.44. The number of unbranched alkanes of at least 4 members (excludes halogenated alkanes) is 1. The Morgan fingerprint density at radius 2 is 1.81 bits per heavy atom. The number of fused-ring (bicyclic) bond motifs is 1. The van der Waals surface area contributed by atoms with Gasteiger partial charge in [0.05, 0.1) is 12.6 Å². The van der Waals surface area contributed by atoms with Crippen molar-refractivity contribution in [3.05, 3.63) is 83.4 Å². The van der Waals surface area contributed by atoms with Crippen molar-refractivity contribution >= 4 is 17.4 Å². The summed E-state index contributed by atoms with van der Waals surface area (Å²) in [5.74, 6) is 1.34. The van der Waals surface area contributed by atoms with Crippen molar-refractivity contribution < 1.29 is 13.9 Å². The van der Waals surface area contributed by atoms with Gasteiger partial charge in [-0.15, -0.1) is 0 Å². The number of nitrogens with zero attached hydrogens (tertiary/aromatic N) is 4. The zero-order valence-electron chi connectivity index (χ0n) is 20.8. The van der Waals surface area contributed by atoms with Crippen molar-refractivity contribution in [3.63, 3.8) is 0 Å². The molecule has 3 heterocycles. The van der Waals surface area contributed by atoms with Crippen LogP contribution >= 0.6 is 0 Å². The van der Waals surface area contributed by atoms with E-state index in [0.717, 1.165) is 48.0 Å². The third-order valence-corrected chi connectivity index (χ3v) is 6.70. The van der Waals surface area contributed by atoms with Crippen LogP contribution in [0, 0.1) is 5.82 Å². The SMILES string of the molecule is CCCCOc1ccc(C2C=C(C)Nc3cc(C(=O)N4CCN(c5ccc(F)cc5)CC4)nn32)cc1. The van der Waals surface area contributed by atoms with Gasteiger partial charge in [0.2, 0.25) is 0 Å². The average Bonchev–Trinajstić information content (AvgIpc) is 3.33. The van der Waals surface area contributed by atoms with Crippen molar-refractivity contribution in [3.8, 4) is 5.75 Å². The Kier molecular flexibility index (Phi) is 6.93. The van der Waals surface area contributed by atoms with Gasteiger partial charge in [-0.2, -0.15) is 5.10 Å². The van der Waals surface area contributed by atoms with E-state index in [1.54, 1.807) is 12.1 Å². The Morgan fingerprint density at radius 1 is 1.08 bits per heavy atom. The molecule has 2 aliphatic rings. The molecule has 0 saturated carbocycles. The van der Waals surface area contributed by atoms with Crippen LogP contribution in [0.25, 0.3) is 0 Å². The Balaban J connectivity index is 1.28. The van der Waals surface area contributed by atoms with E-state index < -0.39 is 0 Å². The zero-order chi connectivity index (χ0) is 25.1. The molecular formula is C28H32FN5O2. The molecule has 0 radical (unpaired) electrons. The molecule has 36 heavy (non-hydrogen) atoms. The molecule has 1 N–H and O–H groups in total. The molecule has 188 valence electrons. The first-order valence-electron chi connectivity index (χ1n) is 12.6. The molecule has 8 heteroatoms. The minimum Gasteiger partial charge on any atom is -0.494 e. The zero-order valence-corrected chi connectivity index (χ0v) is 20.8. The number of hydrogen-bond acceptors (Lipinski definition) is 5. The van der Waals surface area contributed by atoms with Gasteiger partial charge in [0.25, 0.3) is 5.91 Å². The van der Waals surface area contributed by atoms with E-state index in [1.807, 2.05) is 34.7 Å². The second-order valence-electron chi connectivity index (χ2n) is 9.31. The van der Waals surface area contributed by atoms with Gasteiger partial charge < -0.3 is 19.9 Å². The number of ether oxygens (including phenoxy) is 1. The van der Waals surface area contributed by atoms with Crippen LogP contribution in [0.5, 0.6) is 5.75 Å². The summed E-state index contributed by atoms with van der Waals surface area (Å²) in [7, 11) is 0. The Hall–Kier alpha value is -3.81. The Labute approximate surface area is 211 Å². The van der Waals surface area contributed by atoms with Crippen molar-refractivity contribution in [2.75, 3.05) is 43.0 Å². The van der Waals surface area contributed by atoms with Crippen LogP contribution in [0.3, 0.4) is 0 Å². The van der Waals surface area contributed by atoms with Gasteiger partial charge in [0.15, 0.2) is 5.69 Å². The summed E-state index contributed by atoms with van der Waals surface area (Å²) in [5, 5.41) is 8.06. The lowest BCUT2D eigenvalue weighted by Crippen LogP contribution is -2.48. The van der Waals surface area contributed by atoms with Crippen molar-refractivity contribution in [2.45, 2.75) is 32.7 Å². The molecular weight excluding hydrogens is 457 g/mol. The fourth-order valence-electron chi connectivity index (χ4n) is 4.67. The third kappa shape index (κ3) is 5.08. The summed E-state index contributed by atoms with van der Waals surface area (Å²) in [6, 6.07) is 16.3. The lowest BCUT2D eigenvalue weighted by atomic mass is 10.0. The maximum absolute atomic E-state index is 13.3. The number of allylic oxidation sites excluding steroid dienone is 2. The van der Waals surface area contributed by atoms with Crippen molar-refractivity contribution in [1.82, 2.24) is 14.7 Å². The maximum atomic E-state index is 13.3. The third-order valence-electron chi connectivity index (χ3n) is 6.70. The normalized spacial score (nSPS) is 17.3. The monoisotopic (exact) mass is 489 g/mol. The molecule has 3 aromatic rings. The summed E-state index contributed by atoms with van der Waals surface area (Å²) >= 11 is 0. The van der Waals surface area contributed by atoms with Crippen LogP contribution in [0.15, 0.2) is 66.4 Å². The first kappa shape index (κ1) is 23.9.